The minimum atomic E-state index is -0.752. The minimum absolute atomic E-state index is 0.0104. The third kappa shape index (κ3) is 5.85. The molecule has 0 bridgehead atoms. The van der Waals surface area contributed by atoms with E-state index < -0.39 is 11.9 Å². The van der Waals surface area contributed by atoms with Crippen LogP contribution in [0.15, 0.2) is 91.0 Å². The molecule has 0 atom stereocenters. The Hall–Kier alpha value is -5.04. The Morgan fingerprint density at radius 2 is 1.09 bits per heavy atom. The average molecular weight is 468 g/mol. The van der Waals surface area contributed by atoms with Gasteiger partial charge < -0.3 is 24.8 Å². The Bertz CT molecular complexity index is 1410. The first-order valence-electron chi connectivity index (χ1n) is 10.5. The smallest absolute Gasteiger partial charge is 0.347 e. The van der Waals surface area contributed by atoms with Crippen molar-refractivity contribution in [3.63, 3.8) is 0 Å². The van der Waals surface area contributed by atoms with Crippen LogP contribution in [0.3, 0.4) is 0 Å². The summed E-state index contributed by atoms with van der Waals surface area (Å²) >= 11 is 0. The van der Waals surface area contributed by atoms with Crippen molar-refractivity contribution in [1.29, 1.82) is 0 Å². The molecule has 4 aromatic carbocycles. The van der Waals surface area contributed by atoms with Crippen LogP contribution in [0.25, 0.3) is 12.2 Å². The maximum Gasteiger partial charge on any atom is 0.347 e. The van der Waals surface area contributed by atoms with E-state index in [4.69, 9.17) is 9.47 Å². The fraction of sp³-hybridized carbons (Fsp3) is 0. The molecule has 0 heterocycles. The van der Waals surface area contributed by atoms with E-state index in [0.717, 1.165) is 5.56 Å². The molecule has 0 radical (unpaired) electrons. The molecule has 4 rings (SSSR count). The Balaban J connectivity index is 1.43. The third-order valence-corrected chi connectivity index (χ3v) is 4.93. The van der Waals surface area contributed by atoms with Crippen LogP contribution < -0.4 is 9.47 Å². The van der Waals surface area contributed by atoms with E-state index in [1.54, 1.807) is 66.7 Å². The summed E-state index contributed by atoms with van der Waals surface area (Å²) in [4.78, 5) is 24.5. The van der Waals surface area contributed by atoms with Gasteiger partial charge in [-0.1, -0.05) is 48.6 Å². The van der Waals surface area contributed by atoms with Crippen molar-refractivity contribution in [3.05, 3.63) is 113 Å². The lowest BCUT2D eigenvalue weighted by Crippen LogP contribution is -2.08. The van der Waals surface area contributed by atoms with Gasteiger partial charge in [-0.15, -0.1) is 0 Å². The maximum absolute atomic E-state index is 12.3. The zero-order valence-electron chi connectivity index (χ0n) is 18.3. The number of carbonyl (C=O) groups is 2. The van der Waals surface area contributed by atoms with Gasteiger partial charge in [-0.2, -0.15) is 0 Å². The van der Waals surface area contributed by atoms with E-state index in [1.165, 1.54) is 36.4 Å². The van der Waals surface area contributed by atoms with Crippen molar-refractivity contribution in [2.45, 2.75) is 0 Å². The molecule has 0 unspecified atom stereocenters. The zero-order valence-corrected chi connectivity index (χ0v) is 18.3. The molecular weight excluding hydrogens is 448 g/mol. The van der Waals surface area contributed by atoms with Gasteiger partial charge in [0.25, 0.3) is 0 Å². The van der Waals surface area contributed by atoms with Crippen molar-refractivity contribution in [1.82, 2.24) is 0 Å². The van der Waals surface area contributed by atoms with E-state index in [2.05, 4.69) is 0 Å². The number of carbonyl (C=O) groups excluding carboxylic acids is 2. The van der Waals surface area contributed by atoms with E-state index in [-0.39, 0.29) is 34.1 Å². The normalized spacial score (nSPS) is 10.7. The van der Waals surface area contributed by atoms with Gasteiger partial charge in [0.2, 0.25) is 0 Å². The number of hydrogen-bond donors (Lipinski definition) is 3. The molecule has 0 saturated carbocycles. The molecule has 4 aromatic rings. The number of aromatic hydroxyl groups is 3. The third-order valence-electron chi connectivity index (χ3n) is 4.93. The summed E-state index contributed by atoms with van der Waals surface area (Å²) in [7, 11) is 0. The molecular formula is C28H20O7. The van der Waals surface area contributed by atoms with Gasteiger partial charge in [-0.3, -0.25) is 0 Å². The van der Waals surface area contributed by atoms with Crippen molar-refractivity contribution in [2.75, 3.05) is 0 Å². The van der Waals surface area contributed by atoms with E-state index in [0.29, 0.717) is 11.3 Å². The number of rotatable bonds is 6. The highest BCUT2D eigenvalue weighted by molar-refractivity contribution is 5.94. The lowest BCUT2D eigenvalue weighted by Gasteiger charge is -2.07. The van der Waals surface area contributed by atoms with Crippen LogP contribution in [-0.2, 0) is 0 Å². The quantitative estimate of drug-likeness (QED) is 0.197. The predicted molar refractivity (Wildman–Crippen MR) is 130 cm³/mol. The highest BCUT2D eigenvalue weighted by atomic mass is 16.5. The van der Waals surface area contributed by atoms with Crippen LogP contribution in [-0.4, -0.2) is 27.3 Å². The van der Waals surface area contributed by atoms with Gasteiger partial charge in [0, 0.05) is 6.07 Å². The van der Waals surface area contributed by atoms with Gasteiger partial charge in [0.15, 0.2) is 0 Å². The summed E-state index contributed by atoms with van der Waals surface area (Å²) in [5, 5.41) is 29.6. The average Bonchev–Trinajstić information content (AvgIpc) is 2.84. The Morgan fingerprint density at radius 3 is 1.66 bits per heavy atom. The molecule has 0 amide bonds. The Kier molecular flexibility index (Phi) is 6.78. The summed E-state index contributed by atoms with van der Waals surface area (Å²) in [6.07, 6.45) is 3.47. The van der Waals surface area contributed by atoms with Crippen LogP contribution in [0.4, 0.5) is 0 Å². The fourth-order valence-electron chi connectivity index (χ4n) is 3.22. The first-order valence-corrected chi connectivity index (χ1v) is 10.5. The number of esters is 2. The Morgan fingerprint density at radius 1 is 0.571 bits per heavy atom. The molecule has 3 N–H and O–H groups in total. The maximum atomic E-state index is 12.3. The molecule has 0 saturated heterocycles. The molecule has 0 aromatic heterocycles. The molecule has 7 heteroatoms. The van der Waals surface area contributed by atoms with Gasteiger partial charge in [0.1, 0.15) is 39.9 Å². The second-order valence-electron chi connectivity index (χ2n) is 7.48. The number of hydrogen-bond acceptors (Lipinski definition) is 7. The summed E-state index contributed by atoms with van der Waals surface area (Å²) in [6.45, 7) is 0. The number of para-hydroxylation sites is 2. The van der Waals surface area contributed by atoms with Crippen molar-refractivity contribution >= 4 is 24.1 Å². The molecule has 174 valence electrons. The molecule has 35 heavy (non-hydrogen) atoms. The van der Waals surface area contributed by atoms with Crippen LogP contribution in [0.1, 0.15) is 31.8 Å². The molecule has 0 aliphatic heterocycles. The lowest BCUT2D eigenvalue weighted by molar-refractivity contribution is 0.0721. The first-order chi connectivity index (χ1) is 16.9. The van der Waals surface area contributed by atoms with Crippen LogP contribution in [0, 0.1) is 0 Å². The SMILES string of the molecule is O=C(Oc1ccc(/C=C/c2cc(O)cc(OC(=O)c3ccccc3O)c2)cc1)c1ccccc1O. The predicted octanol–water partition coefficient (Wildman–Crippen LogP) is 5.41. The molecule has 0 aliphatic rings. The van der Waals surface area contributed by atoms with Crippen LogP contribution in [0.2, 0.25) is 0 Å². The van der Waals surface area contributed by atoms with E-state index in [9.17, 15) is 24.9 Å². The lowest BCUT2D eigenvalue weighted by atomic mass is 10.1. The highest BCUT2D eigenvalue weighted by Gasteiger charge is 2.14. The number of phenols is 3. The largest absolute Gasteiger partial charge is 0.508 e. The minimum Gasteiger partial charge on any atom is -0.508 e. The van der Waals surface area contributed by atoms with Crippen LogP contribution in [0.5, 0.6) is 28.7 Å². The summed E-state index contributed by atoms with van der Waals surface area (Å²) in [5.74, 6) is -1.45. The van der Waals surface area contributed by atoms with Gasteiger partial charge >= 0.3 is 11.9 Å². The van der Waals surface area contributed by atoms with Gasteiger partial charge in [-0.05, 0) is 59.7 Å². The van der Waals surface area contributed by atoms with E-state index >= 15 is 0 Å². The van der Waals surface area contributed by atoms with Gasteiger partial charge in [0.05, 0.1) is 0 Å². The van der Waals surface area contributed by atoms with E-state index in [1.807, 2.05) is 0 Å². The van der Waals surface area contributed by atoms with Crippen molar-refractivity contribution < 1.29 is 34.4 Å². The Labute approximate surface area is 200 Å². The molecule has 7 nitrogen and oxygen atoms in total. The second kappa shape index (κ2) is 10.3. The molecule has 0 aliphatic carbocycles. The standard InChI is InChI=1S/C28H20O7/c29-20-15-19(16-22(17-20)35-28(33)24-6-2-4-8-26(24)31)10-9-18-11-13-21(14-12-18)34-27(32)23-5-1-3-7-25(23)30/h1-17,29-31H/b10-9+. The van der Waals surface area contributed by atoms with Crippen LogP contribution >= 0.6 is 0 Å². The van der Waals surface area contributed by atoms with Gasteiger partial charge in [-0.25, -0.2) is 9.59 Å². The molecule has 0 fully saturated rings. The fourth-order valence-corrected chi connectivity index (χ4v) is 3.22. The van der Waals surface area contributed by atoms with Crippen molar-refractivity contribution in [2.24, 2.45) is 0 Å². The topological polar surface area (TPSA) is 113 Å². The first kappa shape index (κ1) is 23.1. The molecule has 0 spiro atoms. The second-order valence-corrected chi connectivity index (χ2v) is 7.48. The summed E-state index contributed by atoms with van der Waals surface area (Å²) < 4.78 is 10.6. The number of phenolic OH excluding ortho intramolecular Hbond substituents is 3. The summed E-state index contributed by atoms with van der Waals surface area (Å²) in [6, 6.07) is 23.2. The number of ether oxygens (including phenoxy) is 2. The number of benzene rings is 4. The monoisotopic (exact) mass is 468 g/mol. The summed E-state index contributed by atoms with van der Waals surface area (Å²) in [5.41, 5.74) is 1.43. The highest BCUT2D eigenvalue weighted by Crippen LogP contribution is 2.26. The van der Waals surface area contributed by atoms with Crippen molar-refractivity contribution in [3.8, 4) is 28.7 Å². The zero-order chi connectivity index (χ0) is 24.8.